The molecule has 7 nitrogen and oxygen atoms in total. The summed E-state index contributed by atoms with van der Waals surface area (Å²) in [4.78, 5) is 13.5. The lowest BCUT2D eigenvalue weighted by Gasteiger charge is -2.06. The number of nitrogens with zero attached hydrogens (tertiary/aromatic N) is 3. The largest absolute Gasteiger partial charge is 0.271 e. The van der Waals surface area contributed by atoms with E-state index in [0.717, 1.165) is 31.9 Å². The molecule has 150 valence electrons. The molecule has 0 spiro atoms. The van der Waals surface area contributed by atoms with Crippen molar-refractivity contribution in [3.63, 3.8) is 0 Å². The van der Waals surface area contributed by atoms with Gasteiger partial charge in [0.1, 0.15) is 6.04 Å². The molecule has 3 heterocycles. The van der Waals surface area contributed by atoms with E-state index < -0.39 is 0 Å². The van der Waals surface area contributed by atoms with Crippen LogP contribution in [0.2, 0.25) is 4.34 Å². The molecule has 3 N–H and O–H groups in total. The zero-order valence-corrected chi connectivity index (χ0v) is 17.6. The van der Waals surface area contributed by atoms with Gasteiger partial charge in [-0.1, -0.05) is 29.8 Å². The first-order chi connectivity index (χ1) is 14.0. The molecule has 2 aromatic heterocycles. The van der Waals surface area contributed by atoms with Crippen molar-refractivity contribution in [2.75, 3.05) is 0 Å². The number of hydrogen-bond donors (Lipinski definition) is 3. The van der Waals surface area contributed by atoms with Crippen LogP contribution in [0.25, 0.3) is 5.69 Å². The number of hydrazone groups is 1. The first kappa shape index (κ1) is 19.8. The molecule has 1 aliphatic rings. The van der Waals surface area contributed by atoms with Gasteiger partial charge in [-0.2, -0.15) is 10.2 Å². The number of thiophene rings is 1. The number of nitrogens with one attached hydrogen (secondary N) is 3. The van der Waals surface area contributed by atoms with Crippen molar-refractivity contribution in [2.24, 2.45) is 5.10 Å². The van der Waals surface area contributed by atoms with E-state index in [0.29, 0.717) is 6.42 Å². The maximum atomic E-state index is 12.4. The van der Waals surface area contributed by atoms with E-state index in [1.807, 2.05) is 61.0 Å². The molecular weight excluding hydrogens is 408 g/mol. The number of halogens is 1. The minimum atomic E-state index is -0.368. The average Bonchev–Trinajstić information content (AvgIpc) is 3.43. The summed E-state index contributed by atoms with van der Waals surface area (Å²) in [5, 5.41) is 8.73. The van der Waals surface area contributed by atoms with Crippen molar-refractivity contribution >= 4 is 35.1 Å². The lowest BCUT2D eigenvalue weighted by Crippen LogP contribution is -2.41. The van der Waals surface area contributed by atoms with Crippen LogP contribution in [0.1, 0.15) is 34.3 Å². The molecule has 1 saturated heterocycles. The van der Waals surface area contributed by atoms with Crippen LogP contribution in [0.15, 0.2) is 47.6 Å². The maximum absolute atomic E-state index is 12.4. The lowest BCUT2D eigenvalue weighted by molar-refractivity contribution is -0.122. The Morgan fingerprint density at radius 3 is 2.79 bits per heavy atom. The number of aryl methyl sites for hydroxylation is 1. The zero-order valence-electron chi connectivity index (χ0n) is 16.0. The summed E-state index contributed by atoms with van der Waals surface area (Å²) in [6.45, 7) is 3.91. The topological polar surface area (TPSA) is 83.3 Å². The van der Waals surface area contributed by atoms with Gasteiger partial charge in [-0.25, -0.2) is 21.0 Å². The monoisotopic (exact) mass is 428 g/mol. The Bertz CT molecular complexity index is 1040. The highest BCUT2D eigenvalue weighted by atomic mass is 35.5. The van der Waals surface area contributed by atoms with Crippen molar-refractivity contribution in [3.8, 4) is 5.69 Å². The Morgan fingerprint density at radius 2 is 2.07 bits per heavy atom. The summed E-state index contributed by atoms with van der Waals surface area (Å²) in [6.07, 6.45) is 2.27. The Morgan fingerprint density at radius 1 is 1.28 bits per heavy atom. The highest BCUT2D eigenvalue weighted by Gasteiger charge is 2.30. The number of benzene rings is 1. The fourth-order valence-corrected chi connectivity index (χ4v) is 4.46. The average molecular weight is 429 g/mol. The van der Waals surface area contributed by atoms with Crippen LogP contribution in [-0.4, -0.2) is 27.9 Å². The molecule has 4 rings (SSSR count). The second-order valence-electron chi connectivity index (χ2n) is 6.84. The van der Waals surface area contributed by atoms with Gasteiger partial charge in [0.15, 0.2) is 0 Å². The second kappa shape index (κ2) is 8.46. The van der Waals surface area contributed by atoms with E-state index in [4.69, 9.17) is 11.6 Å². The van der Waals surface area contributed by atoms with Gasteiger partial charge < -0.3 is 0 Å². The number of amides is 1. The number of hydrogen-bond acceptors (Lipinski definition) is 6. The number of carbonyl (C=O) groups excluding carboxylic acids is 1. The summed E-state index contributed by atoms with van der Waals surface area (Å²) in [6, 6.07) is 13.4. The third kappa shape index (κ3) is 4.25. The maximum Gasteiger partial charge on any atom is 0.258 e. The van der Waals surface area contributed by atoms with Gasteiger partial charge in [0.2, 0.25) is 0 Å². The number of para-hydroxylation sites is 1. The van der Waals surface area contributed by atoms with Gasteiger partial charge in [-0.3, -0.25) is 4.79 Å². The van der Waals surface area contributed by atoms with Crippen LogP contribution in [-0.2, 0) is 4.79 Å². The lowest BCUT2D eigenvalue weighted by atomic mass is 10.1. The van der Waals surface area contributed by atoms with Crippen molar-refractivity contribution in [2.45, 2.75) is 32.4 Å². The summed E-state index contributed by atoms with van der Waals surface area (Å²) < 4.78 is 2.61. The van der Waals surface area contributed by atoms with Crippen LogP contribution >= 0.6 is 22.9 Å². The number of rotatable bonds is 5. The standard InChI is InChI=1S/C20H21ClN6OS/c1-12-15(13(2)27(26-12)14-6-4-3-5-7-14)11-22-25-20(28)17-10-16(23-24-17)18-8-9-19(21)29-18/h3-9,11,16-17,23-24H,10H2,1-2H3,(H,25,28)/b22-11+. The highest BCUT2D eigenvalue weighted by molar-refractivity contribution is 7.16. The van der Waals surface area contributed by atoms with Crippen molar-refractivity contribution in [1.29, 1.82) is 0 Å². The Kier molecular flexibility index (Phi) is 5.77. The van der Waals surface area contributed by atoms with Gasteiger partial charge in [-0.05, 0) is 44.5 Å². The van der Waals surface area contributed by atoms with Crippen LogP contribution in [0.3, 0.4) is 0 Å². The van der Waals surface area contributed by atoms with E-state index in [2.05, 4.69) is 26.5 Å². The zero-order chi connectivity index (χ0) is 20.4. The highest BCUT2D eigenvalue weighted by Crippen LogP contribution is 2.31. The molecule has 3 aromatic rings. The summed E-state index contributed by atoms with van der Waals surface area (Å²) >= 11 is 7.51. The van der Waals surface area contributed by atoms with Crippen molar-refractivity contribution in [3.05, 3.63) is 68.6 Å². The number of hydrazine groups is 1. The van der Waals surface area contributed by atoms with E-state index in [1.54, 1.807) is 6.21 Å². The van der Waals surface area contributed by atoms with E-state index >= 15 is 0 Å². The molecule has 2 atom stereocenters. The van der Waals surface area contributed by atoms with Crippen LogP contribution < -0.4 is 16.3 Å². The SMILES string of the molecule is Cc1nn(-c2ccccc2)c(C)c1/C=N/NC(=O)C1CC(c2ccc(Cl)s2)NN1. The third-order valence-corrected chi connectivity index (χ3v) is 6.22. The van der Waals surface area contributed by atoms with Gasteiger partial charge in [-0.15, -0.1) is 11.3 Å². The molecule has 0 radical (unpaired) electrons. The molecular formula is C20H21ClN6OS. The van der Waals surface area contributed by atoms with Crippen LogP contribution in [0, 0.1) is 13.8 Å². The molecule has 0 saturated carbocycles. The second-order valence-corrected chi connectivity index (χ2v) is 8.58. The molecule has 1 amide bonds. The van der Waals surface area contributed by atoms with Gasteiger partial charge in [0.05, 0.1) is 33.7 Å². The van der Waals surface area contributed by atoms with Crippen LogP contribution in [0.4, 0.5) is 0 Å². The van der Waals surface area contributed by atoms with Crippen LogP contribution in [0.5, 0.6) is 0 Å². The molecule has 1 aliphatic heterocycles. The molecule has 1 fully saturated rings. The molecule has 9 heteroatoms. The molecule has 1 aromatic carbocycles. The summed E-state index contributed by atoms with van der Waals surface area (Å²) in [5.74, 6) is -0.190. The van der Waals surface area contributed by atoms with E-state index in [-0.39, 0.29) is 18.0 Å². The van der Waals surface area contributed by atoms with E-state index in [9.17, 15) is 4.79 Å². The fourth-order valence-electron chi connectivity index (χ4n) is 3.33. The van der Waals surface area contributed by atoms with Gasteiger partial charge in [0, 0.05) is 10.4 Å². The minimum absolute atomic E-state index is 0.0563. The van der Waals surface area contributed by atoms with Gasteiger partial charge >= 0.3 is 0 Å². The van der Waals surface area contributed by atoms with Crippen molar-refractivity contribution < 1.29 is 4.79 Å². The van der Waals surface area contributed by atoms with Crippen molar-refractivity contribution in [1.82, 2.24) is 26.1 Å². The number of carbonyl (C=O) groups is 1. The minimum Gasteiger partial charge on any atom is -0.271 e. The van der Waals surface area contributed by atoms with Gasteiger partial charge in [0.25, 0.3) is 5.91 Å². The molecule has 0 aliphatic carbocycles. The normalized spacial score (nSPS) is 19.1. The Balaban J connectivity index is 1.39. The Hall–Kier alpha value is -2.52. The molecule has 29 heavy (non-hydrogen) atoms. The first-order valence-electron chi connectivity index (χ1n) is 9.24. The molecule has 2 unspecified atom stereocenters. The summed E-state index contributed by atoms with van der Waals surface area (Å²) in [7, 11) is 0. The Labute approximate surface area is 177 Å². The predicted molar refractivity (Wildman–Crippen MR) is 116 cm³/mol. The summed E-state index contributed by atoms with van der Waals surface area (Å²) in [5.41, 5.74) is 12.5. The smallest absolute Gasteiger partial charge is 0.258 e. The third-order valence-electron chi connectivity index (χ3n) is 4.87. The van der Waals surface area contributed by atoms with E-state index in [1.165, 1.54) is 11.3 Å². The predicted octanol–water partition coefficient (Wildman–Crippen LogP) is 3.26. The number of aromatic nitrogens is 2. The quantitative estimate of drug-likeness (QED) is 0.430. The first-order valence-corrected chi connectivity index (χ1v) is 10.4. The fraction of sp³-hybridized carbons (Fsp3) is 0.250. The molecule has 0 bridgehead atoms.